The Morgan fingerprint density at radius 1 is 1.16 bits per heavy atom. The van der Waals surface area contributed by atoms with Crippen LogP contribution in [0, 0.1) is 19.7 Å². The van der Waals surface area contributed by atoms with Crippen molar-refractivity contribution in [1.82, 2.24) is 9.80 Å². The molecule has 3 rings (SSSR count). The van der Waals surface area contributed by atoms with E-state index in [1.807, 2.05) is 12.1 Å². The highest BCUT2D eigenvalue weighted by Gasteiger charge is 2.20. The molecule has 0 atom stereocenters. The number of hydrogen-bond acceptors (Lipinski definition) is 2. The van der Waals surface area contributed by atoms with Crippen molar-refractivity contribution >= 4 is 23.0 Å². The van der Waals surface area contributed by atoms with Crippen LogP contribution in [0.3, 0.4) is 0 Å². The first kappa shape index (κ1) is 17.8. The summed E-state index contributed by atoms with van der Waals surface area (Å²) in [4.78, 5) is 4.39. The van der Waals surface area contributed by atoms with Crippen molar-refractivity contribution in [2.75, 3.05) is 25.1 Å². The fourth-order valence-electron chi connectivity index (χ4n) is 3.18. The van der Waals surface area contributed by atoms with E-state index >= 15 is 0 Å². The number of rotatable bonds is 3. The Balaban J connectivity index is 1.62. The molecule has 1 fully saturated rings. The van der Waals surface area contributed by atoms with E-state index in [2.05, 4.69) is 47.2 Å². The molecule has 1 aliphatic rings. The molecule has 1 N–H and O–H groups in total. The molecule has 3 nitrogen and oxygen atoms in total. The van der Waals surface area contributed by atoms with Gasteiger partial charge in [0.25, 0.3) is 0 Å². The number of benzene rings is 2. The van der Waals surface area contributed by atoms with Gasteiger partial charge in [-0.2, -0.15) is 0 Å². The van der Waals surface area contributed by atoms with Crippen LogP contribution < -0.4 is 5.32 Å². The minimum Gasteiger partial charge on any atom is -0.336 e. The normalized spacial score (nSPS) is 15.2. The molecule has 25 heavy (non-hydrogen) atoms. The number of thiocarbonyl (C=S) groups is 1. The number of halogens is 1. The van der Waals surface area contributed by atoms with Gasteiger partial charge in [-0.1, -0.05) is 35.9 Å². The average molecular weight is 357 g/mol. The lowest BCUT2D eigenvalue weighted by atomic mass is 10.1. The van der Waals surface area contributed by atoms with E-state index in [9.17, 15) is 4.39 Å². The topological polar surface area (TPSA) is 18.5 Å². The van der Waals surface area contributed by atoms with Gasteiger partial charge in [-0.25, -0.2) is 4.39 Å². The van der Waals surface area contributed by atoms with Crippen molar-refractivity contribution in [1.29, 1.82) is 0 Å². The van der Waals surface area contributed by atoms with Gasteiger partial charge in [0.1, 0.15) is 5.82 Å². The summed E-state index contributed by atoms with van der Waals surface area (Å²) in [6.07, 6.45) is 1.02. The first-order chi connectivity index (χ1) is 12.0. The van der Waals surface area contributed by atoms with Crippen molar-refractivity contribution < 1.29 is 4.39 Å². The van der Waals surface area contributed by atoms with Crippen LogP contribution in [0.2, 0.25) is 0 Å². The van der Waals surface area contributed by atoms with Crippen LogP contribution >= 0.6 is 12.2 Å². The third-order valence-corrected chi connectivity index (χ3v) is 4.90. The highest BCUT2D eigenvalue weighted by molar-refractivity contribution is 7.80. The summed E-state index contributed by atoms with van der Waals surface area (Å²) in [6.45, 7) is 7.36. The van der Waals surface area contributed by atoms with Crippen LogP contribution in [0.4, 0.5) is 10.1 Å². The molecule has 0 unspecified atom stereocenters. The fourth-order valence-corrected chi connectivity index (χ4v) is 3.44. The van der Waals surface area contributed by atoms with Crippen LogP contribution in [-0.4, -0.2) is 34.7 Å². The summed E-state index contributed by atoms with van der Waals surface area (Å²) in [5.74, 6) is -0.143. The summed E-state index contributed by atoms with van der Waals surface area (Å²) >= 11 is 5.61. The zero-order valence-electron chi connectivity index (χ0n) is 14.8. The molecule has 5 heteroatoms. The second-order valence-corrected chi connectivity index (χ2v) is 7.04. The van der Waals surface area contributed by atoms with Gasteiger partial charge in [0.05, 0.1) is 6.67 Å². The predicted octanol–water partition coefficient (Wildman–Crippen LogP) is 4.30. The Hall–Kier alpha value is -1.98. The standard InChI is InChI=1S/C20H24FN3S/c1-15-8-9-19(16(2)12-15)22-20(25)24-11-5-10-23(14-24)13-17-6-3-4-7-18(17)21/h3-4,6-9,12H,5,10-11,13-14H2,1-2H3,(H,22,25). The van der Waals surface area contributed by atoms with Crippen LogP contribution in [0.25, 0.3) is 0 Å². The first-order valence-corrected chi connectivity index (χ1v) is 9.03. The molecule has 0 saturated carbocycles. The van der Waals surface area contributed by atoms with E-state index in [4.69, 9.17) is 12.2 Å². The van der Waals surface area contributed by atoms with Crippen LogP contribution in [-0.2, 0) is 6.54 Å². The summed E-state index contributed by atoms with van der Waals surface area (Å²) in [5.41, 5.74) is 4.20. The lowest BCUT2D eigenvalue weighted by Gasteiger charge is -2.37. The molecular weight excluding hydrogens is 333 g/mol. The molecule has 0 bridgehead atoms. The minimum atomic E-state index is -0.143. The summed E-state index contributed by atoms with van der Waals surface area (Å²) in [7, 11) is 0. The lowest BCUT2D eigenvalue weighted by molar-refractivity contribution is 0.132. The molecule has 0 radical (unpaired) electrons. The molecule has 0 aliphatic carbocycles. The van der Waals surface area contributed by atoms with Crippen LogP contribution in [0.1, 0.15) is 23.1 Å². The largest absolute Gasteiger partial charge is 0.336 e. The number of nitrogens with one attached hydrogen (secondary N) is 1. The van der Waals surface area contributed by atoms with Crippen molar-refractivity contribution in [3.8, 4) is 0 Å². The highest BCUT2D eigenvalue weighted by atomic mass is 32.1. The zero-order valence-corrected chi connectivity index (χ0v) is 15.6. The Bertz CT molecular complexity index is 762. The van der Waals surface area contributed by atoms with Gasteiger partial charge >= 0.3 is 0 Å². The van der Waals surface area contributed by atoms with Gasteiger partial charge in [-0.15, -0.1) is 0 Å². The Morgan fingerprint density at radius 2 is 1.96 bits per heavy atom. The molecule has 2 aromatic rings. The van der Waals surface area contributed by atoms with Gasteiger partial charge in [-0.05, 0) is 50.2 Å². The molecular formula is C20H24FN3S. The van der Waals surface area contributed by atoms with E-state index < -0.39 is 0 Å². The Labute approximate surface area is 154 Å². The van der Waals surface area contributed by atoms with Gasteiger partial charge < -0.3 is 10.2 Å². The molecule has 1 saturated heterocycles. The fraction of sp³-hybridized carbons (Fsp3) is 0.350. The number of hydrogen-bond donors (Lipinski definition) is 1. The monoisotopic (exact) mass is 357 g/mol. The van der Waals surface area contributed by atoms with Crippen LogP contribution in [0.15, 0.2) is 42.5 Å². The van der Waals surface area contributed by atoms with Crippen molar-refractivity contribution in [3.05, 3.63) is 65.0 Å². The SMILES string of the molecule is Cc1ccc(NC(=S)N2CCCN(Cc3ccccc3F)C2)c(C)c1. The highest BCUT2D eigenvalue weighted by Crippen LogP contribution is 2.18. The third kappa shape index (κ3) is 4.55. The summed E-state index contributed by atoms with van der Waals surface area (Å²) < 4.78 is 13.9. The van der Waals surface area contributed by atoms with Crippen molar-refractivity contribution in [2.45, 2.75) is 26.8 Å². The summed E-state index contributed by atoms with van der Waals surface area (Å²) in [6, 6.07) is 13.3. The molecule has 2 aromatic carbocycles. The summed E-state index contributed by atoms with van der Waals surface area (Å²) in [5, 5.41) is 4.09. The molecule has 0 aromatic heterocycles. The van der Waals surface area contributed by atoms with E-state index in [0.717, 1.165) is 35.9 Å². The van der Waals surface area contributed by atoms with Gasteiger partial charge in [-0.3, -0.25) is 4.90 Å². The van der Waals surface area contributed by atoms with Crippen LogP contribution in [0.5, 0.6) is 0 Å². The molecule has 0 amide bonds. The Kier molecular flexibility index (Phi) is 5.66. The van der Waals surface area contributed by atoms with E-state index in [-0.39, 0.29) is 5.82 Å². The maximum Gasteiger partial charge on any atom is 0.174 e. The van der Waals surface area contributed by atoms with Gasteiger partial charge in [0, 0.05) is 30.9 Å². The smallest absolute Gasteiger partial charge is 0.174 e. The molecule has 0 spiro atoms. The number of aryl methyl sites for hydroxylation is 2. The second kappa shape index (κ2) is 7.93. The average Bonchev–Trinajstić information content (AvgIpc) is 2.60. The van der Waals surface area contributed by atoms with Gasteiger partial charge in [0.2, 0.25) is 0 Å². The number of nitrogens with zero attached hydrogens (tertiary/aromatic N) is 2. The molecule has 1 heterocycles. The minimum absolute atomic E-state index is 0.143. The second-order valence-electron chi connectivity index (χ2n) is 6.65. The van der Waals surface area contributed by atoms with Gasteiger partial charge in [0.15, 0.2) is 5.11 Å². The van der Waals surface area contributed by atoms with Crippen molar-refractivity contribution in [3.63, 3.8) is 0 Å². The Morgan fingerprint density at radius 3 is 2.72 bits per heavy atom. The number of anilines is 1. The van der Waals surface area contributed by atoms with E-state index in [0.29, 0.717) is 13.2 Å². The zero-order chi connectivity index (χ0) is 17.8. The first-order valence-electron chi connectivity index (χ1n) is 8.62. The molecule has 132 valence electrons. The van der Waals surface area contributed by atoms with Crippen molar-refractivity contribution in [2.24, 2.45) is 0 Å². The predicted molar refractivity (Wildman–Crippen MR) is 105 cm³/mol. The van der Waals surface area contributed by atoms with E-state index in [1.165, 1.54) is 17.2 Å². The quantitative estimate of drug-likeness (QED) is 0.825. The van der Waals surface area contributed by atoms with E-state index in [1.54, 1.807) is 6.07 Å². The lowest BCUT2D eigenvalue weighted by Crippen LogP contribution is -2.48. The maximum absolute atomic E-state index is 13.9. The molecule has 1 aliphatic heterocycles. The maximum atomic E-state index is 13.9. The third-order valence-electron chi connectivity index (χ3n) is 4.54.